The Bertz CT molecular complexity index is 579. The molecule has 1 aromatic rings. The fraction of sp³-hybridized carbons (Fsp3) is 0.667. The van der Waals surface area contributed by atoms with Gasteiger partial charge in [0.15, 0.2) is 0 Å². The monoisotopic (exact) mass is 345 g/mol. The van der Waals surface area contributed by atoms with Crippen molar-refractivity contribution in [3.8, 4) is 5.75 Å². The van der Waals surface area contributed by atoms with Crippen LogP contribution in [0.1, 0.15) is 56.6 Å². The highest BCUT2D eigenvalue weighted by Gasteiger charge is 2.31. The number of hydrogen-bond donors (Lipinski definition) is 1. The van der Waals surface area contributed by atoms with Gasteiger partial charge < -0.3 is 9.84 Å². The first-order chi connectivity index (χ1) is 12.2. The molecule has 1 saturated heterocycles. The number of likely N-dealkylation sites (tertiary alicyclic amines) is 1. The van der Waals surface area contributed by atoms with Gasteiger partial charge in [0.1, 0.15) is 5.75 Å². The van der Waals surface area contributed by atoms with Crippen LogP contribution in [0.15, 0.2) is 18.2 Å². The lowest BCUT2D eigenvalue weighted by Crippen LogP contribution is -2.37. The molecule has 1 aromatic carbocycles. The van der Waals surface area contributed by atoms with Crippen LogP contribution in [0.2, 0.25) is 0 Å². The summed E-state index contributed by atoms with van der Waals surface area (Å²) < 4.78 is 5.93. The molecule has 4 nitrogen and oxygen atoms in total. The van der Waals surface area contributed by atoms with Crippen LogP contribution >= 0.6 is 0 Å². The van der Waals surface area contributed by atoms with Crippen molar-refractivity contribution in [2.45, 2.75) is 58.4 Å². The van der Waals surface area contributed by atoms with Gasteiger partial charge in [-0.15, -0.1) is 0 Å². The van der Waals surface area contributed by atoms with Gasteiger partial charge in [-0.05, 0) is 56.7 Å². The maximum absolute atomic E-state index is 11.6. The van der Waals surface area contributed by atoms with Gasteiger partial charge in [0.25, 0.3) is 0 Å². The average molecular weight is 345 g/mol. The zero-order valence-corrected chi connectivity index (χ0v) is 15.4. The molecular formula is C21H31NO3. The van der Waals surface area contributed by atoms with Crippen LogP contribution in [-0.2, 0) is 17.8 Å². The van der Waals surface area contributed by atoms with Crippen molar-refractivity contribution >= 4 is 5.97 Å². The maximum atomic E-state index is 11.6. The summed E-state index contributed by atoms with van der Waals surface area (Å²) in [5, 5.41) is 9.56. The lowest BCUT2D eigenvalue weighted by Gasteiger charge is -2.35. The fourth-order valence-corrected chi connectivity index (χ4v) is 4.32. The van der Waals surface area contributed by atoms with Crippen molar-refractivity contribution < 1.29 is 14.6 Å². The van der Waals surface area contributed by atoms with E-state index in [-0.39, 0.29) is 5.92 Å². The Morgan fingerprint density at radius 1 is 1.36 bits per heavy atom. The predicted molar refractivity (Wildman–Crippen MR) is 98.9 cm³/mol. The lowest BCUT2D eigenvalue weighted by molar-refractivity contribution is -0.144. The molecule has 1 fully saturated rings. The average Bonchev–Trinajstić information content (AvgIpc) is 2.63. The first-order valence-corrected chi connectivity index (χ1v) is 9.87. The second kappa shape index (κ2) is 8.70. The molecule has 0 radical (unpaired) electrons. The fourth-order valence-electron chi connectivity index (χ4n) is 4.32. The van der Waals surface area contributed by atoms with Gasteiger partial charge in [-0.1, -0.05) is 38.0 Å². The molecule has 0 bridgehead atoms. The van der Waals surface area contributed by atoms with E-state index < -0.39 is 5.97 Å². The highest BCUT2D eigenvalue weighted by Crippen LogP contribution is 2.33. The smallest absolute Gasteiger partial charge is 0.306 e. The number of piperidine rings is 1. The zero-order valence-electron chi connectivity index (χ0n) is 15.4. The topological polar surface area (TPSA) is 49.8 Å². The standard InChI is InChI=1S/C21H31NO3/c1-2-3-9-19(21(23)24)16-10-12-22(13-11-16)15-18-7-4-6-17-8-5-14-25-20(17)18/h4,6-7,16,19H,2-3,5,8-15H2,1H3,(H,23,24). The Hall–Kier alpha value is -1.55. The van der Waals surface area contributed by atoms with E-state index in [1.165, 1.54) is 11.1 Å². The number of carboxylic acids is 1. The molecule has 2 aliphatic heterocycles. The number of nitrogens with zero attached hydrogens (tertiary/aromatic N) is 1. The van der Waals surface area contributed by atoms with E-state index in [0.29, 0.717) is 5.92 Å². The molecular weight excluding hydrogens is 314 g/mol. The van der Waals surface area contributed by atoms with Crippen LogP contribution in [-0.4, -0.2) is 35.7 Å². The highest BCUT2D eigenvalue weighted by molar-refractivity contribution is 5.70. The van der Waals surface area contributed by atoms with Gasteiger partial charge in [0.05, 0.1) is 12.5 Å². The Morgan fingerprint density at radius 2 is 2.16 bits per heavy atom. The molecule has 3 rings (SSSR count). The van der Waals surface area contributed by atoms with Crippen molar-refractivity contribution in [1.29, 1.82) is 0 Å². The van der Waals surface area contributed by atoms with Gasteiger partial charge in [0.2, 0.25) is 0 Å². The number of carbonyl (C=O) groups is 1. The van der Waals surface area contributed by atoms with E-state index >= 15 is 0 Å². The second-order valence-electron chi connectivity index (χ2n) is 7.56. The van der Waals surface area contributed by atoms with Gasteiger partial charge in [-0.25, -0.2) is 0 Å². The summed E-state index contributed by atoms with van der Waals surface area (Å²) in [6.07, 6.45) is 7.13. The van der Waals surface area contributed by atoms with Crippen LogP contribution in [0.4, 0.5) is 0 Å². The number of benzene rings is 1. The molecule has 1 unspecified atom stereocenters. The molecule has 138 valence electrons. The molecule has 0 saturated carbocycles. The number of aliphatic carboxylic acids is 1. The number of fused-ring (bicyclic) bond motifs is 1. The largest absolute Gasteiger partial charge is 0.493 e. The second-order valence-corrected chi connectivity index (χ2v) is 7.56. The Morgan fingerprint density at radius 3 is 2.88 bits per heavy atom. The van der Waals surface area contributed by atoms with Gasteiger partial charge in [-0.3, -0.25) is 9.69 Å². The van der Waals surface area contributed by atoms with E-state index in [2.05, 4.69) is 30.0 Å². The summed E-state index contributed by atoms with van der Waals surface area (Å²) >= 11 is 0. The summed E-state index contributed by atoms with van der Waals surface area (Å²) in [4.78, 5) is 14.1. The molecule has 0 spiro atoms. The minimum absolute atomic E-state index is 0.157. The number of para-hydroxylation sites is 1. The summed E-state index contributed by atoms with van der Waals surface area (Å²) in [5.74, 6) is 0.677. The van der Waals surface area contributed by atoms with E-state index in [4.69, 9.17) is 4.74 Å². The number of ether oxygens (including phenoxy) is 1. The number of carboxylic acid groups (broad SMARTS) is 1. The van der Waals surface area contributed by atoms with Crippen molar-refractivity contribution in [3.05, 3.63) is 29.3 Å². The summed E-state index contributed by atoms with van der Waals surface area (Å²) in [6.45, 7) is 5.85. The number of hydrogen-bond acceptors (Lipinski definition) is 3. The summed E-state index contributed by atoms with van der Waals surface area (Å²) in [6, 6.07) is 6.49. The van der Waals surface area contributed by atoms with Crippen molar-refractivity contribution in [2.75, 3.05) is 19.7 Å². The van der Waals surface area contributed by atoms with Gasteiger partial charge >= 0.3 is 5.97 Å². The van der Waals surface area contributed by atoms with Gasteiger partial charge in [0, 0.05) is 12.1 Å². The van der Waals surface area contributed by atoms with Crippen LogP contribution in [0, 0.1) is 11.8 Å². The van der Waals surface area contributed by atoms with Crippen LogP contribution in [0.3, 0.4) is 0 Å². The number of rotatable bonds is 7. The molecule has 4 heteroatoms. The molecule has 2 heterocycles. The molecule has 1 N–H and O–H groups in total. The molecule has 2 aliphatic rings. The number of unbranched alkanes of at least 4 members (excludes halogenated alkanes) is 1. The first-order valence-electron chi connectivity index (χ1n) is 9.87. The zero-order chi connectivity index (χ0) is 17.6. The van der Waals surface area contributed by atoms with Crippen LogP contribution in [0.25, 0.3) is 0 Å². The normalized spacial score (nSPS) is 19.9. The first kappa shape index (κ1) is 18.2. The quantitative estimate of drug-likeness (QED) is 0.808. The third-order valence-corrected chi connectivity index (χ3v) is 5.80. The Labute approximate surface area is 151 Å². The van der Waals surface area contributed by atoms with Crippen LogP contribution in [0.5, 0.6) is 5.75 Å². The Kier molecular flexibility index (Phi) is 6.35. The molecule has 0 aromatic heterocycles. The number of aryl methyl sites for hydroxylation is 1. The van der Waals surface area contributed by atoms with Crippen molar-refractivity contribution in [1.82, 2.24) is 4.90 Å². The predicted octanol–water partition coefficient (Wildman–Crippen LogP) is 4.11. The van der Waals surface area contributed by atoms with E-state index in [1.807, 2.05) is 0 Å². The molecule has 0 aliphatic carbocycles. The van der Waals surface area contributed by atoms with Gasteiger partial charge in [-0.2, -0.15) is 0 Å². The highest BCUT2D eigenvalue weighted by atomic mass is 16.5. The summed E-state index contributed by atoms with van der Waals surface area (Å²) in [7, 11) is 0. The lowest BCUT2D eigenvalue weighted by atomic mass is 9.81. The third-order valence-electron chi connectivity index (χ3n) is 5.80. The molecule has 1 atom stereocenters. The minimum atomic E-state index is -0.600. The molecule has 25 heavy (non-hydrogen) atoms. The minimum Gasteiger partial charge on any atom is -0.493 e. The maximum Gasteiger partial charge on any atom is 0.306 e. The third kappa shape index (κ3) is 4.55. The Balaban J connectivity index is 1.57. The van der Waals surface area contributed by atoms with Crippen molar-refractivity contribution in [3.63, 3.8) is 0 Å². The van der Waals surface area contributed by atoms with Crippen LogP contribution < -0.4 is 4.74 Å². The van der Waals surface area contributed by atoms with E-state index in [0.717, 1.165) is 76.9 Å². The SMILES string of the molecule is CCCCC(C(=O)O)C1CCN(Cc2cccc3c2OCCC3)CC1. The van der Waals surface area contributed by atoms with Crippen molar-refractivity contribution in [2.24, 2.45) is 11.8 Å². The molecule has 0 amide bonds. The van der Waals surface area contributed by atoms with E-state index in [1.54, 1.807) is 0 Å². The van der Waals surface area contributed by atoms with E-state index in [9.17, 15) is 9.90 Å². The summed E-state index contributed by atoms with van der Waals surface area (Å²) in [5.41, 5.74) is 2.63.